The van der Waals surface area contributed by atoms with Crippen LogP contribution in [-0.2, 0) is 4.79 Å². The van der Waals surface area contributed by atoms with Crippen LogP contribution in [0.5, 0.6) is 0 Å². The second kappa shape index (κ2) is 7.26. The SMILES string of the molecule is CC(C)C(=O)C(CO)[C@@H](NC(=O)O)c1ccc(Cl)cc1. The Morgan fingerprint density at radius 3 is 2.20 bits per heavy atom. The van der Waals surface area contributed by atoms with Crippen LogP contribution in [0, 0.1) is 11.8 Å². The van der Waals surface area contributed by atoms with Crippen LogP contribution >= 0.6 is 11.6 Å². The number of Topliss-reactive ketones (excluding diaryl/α,β-unsaturated/α-hetero) is 1. The third-order valence-corrected chi connectivity index (χ3v) is 3.29. The van der Waals surface area contributed by atoms with Gasteiger partial charge in [-0.15, -0.1) is 0 Å². The van der Waals surface area contributed by atoms with Gasteiger partial charge in [0.1, 0.15) is 5.78 Å². The average molecular weight is 300 g/mol. The van der Waals surface area contributed by atoms with Crippen LogP contribution < -0.4 is 5.32 Å². The van der Waals surface area contributed by atoms with E-state index in [-0.39, 0.29) is 11.7 Å². The summed E-state index contributed by atoms with van der Waals surface area (Å²) < 4.78 is 0. The summed E-state index contributed by atoms with van der Waals surface area (Å²) in [7, 11) is 0. The fourth-order valence-corrected chi connectivity index (χ4v) is 2.13. The molecule has 0 aliphatic carbocycles. The van der Waals surface area contributed by atoms with Gasteiger partial charge in [-0.3, -0.25) is 4.79 Å². The van der Waals surface area contributed by atoms with Gasteiger partial charge in [0.05, 0.1) is 18.6 Å². The van der Waals surface area contributed by atoms with Crippen LogP contribution in [0.3, 0.4) is 0 Å². The zero-order chi connectivity index (χ0) is 15.3. The van der Waals surface area contributed by atoms with Gasteiger partial charge in [-0.25, -0.2) is 4.79 Å². The molecule has 1 amide bonds. The van der Waals surface area contributed by atoms with Crippen molar-refractivity contribution in [2.45, 2.75) is 19.9 Å². The maximum Gasteiger partial charge on any atom is 0.405 e. The molecule has 5 nitrogen and oxygen atoms in total. The highest BCUT2D eigenvalue weighted by molar-refractivity contribution is 6.30. The lowest BCUT2D eigenvalue weighted by atomic mass is 9.86. The lowest BCUT2D eigenvalue weighted by molar-refractivity contribution is -0.128. The second-order valence-corrected chi connectivity index (χ2v) is 5.26. The highest BCUT2D eigenvalue weighted by Gasteiger charge is 2.31. The minimum Gasteiger partial charge on any atom is -0.465 e. The molecular formula is C14H18ClNO4. The monoisotopic (exact) mass is 299 g/mol. The first-order valence-electron chi connectivity index (χ1n) is 6.26. The maximum atomic E-state index is 12.1. The smallest absolute Gasteiger partial charge is 0.405 e. The van der Waals surface area contributed by atoms with E-state index in [2.05, 4.69) is 5.32 Å². The molecule has 6 heteroatoms. The van der Waals surface area contributed by atoms with E-state index in [9.17, 15) is 14.7 Å². The van der Waals surface area contributed by atoms with Crippen molar-refractivity contribution in [1.82, 2.24) is 5.32 Å². The molecular weight excluding hydrogens is 282 g/mol. The van der Waals surface area contributed by atoms with Crippen LogP contribution in [0.25, 0.3) is 0 Å². The van der Waals surface area contributed by atoms with E-state index in [4.69, 9.17) is 16.7 Å². The van der Waals surface area contributed by atoms with Crippen molar-refractivity contribution in [3.63, 3.8) is 0 Å². The van der Waals surface area contributed by atoms with Gasteiger partial charge < -0.3 is 15.5 Å². The molecule has 1 rings (SSSR count). The standard InChI is InChI=1S/C14H18ClNO4/c1-8(2)13(18)11(7-17)12(16-14(19)20)9-3-5-10(15)6-4-9/h3-6,8,11-12,16-17H,7H2,1-2H3,(H,19,20)/t11?,12-/m0/s1. The van der Waals surface area contributed by atoms with E-state index in [1.54, 1.807) is 38.1 Å². The number of nitrogens with one attached hydrogen (secondary N) is 1. The summed E-state index contributed by atoms with van der Waals surface area (Å²) in [5, 5.41) is 21.2. The van der Waals surface area contributed by atoms with Crippen LogP contribution in [0.15, 0.2) is 24.3 Å². The van der Waals surface area contributed by atoms with Crippen molar-refractivity contribution in [2.75, 3.05) is 6.61 Å². The number of benzene rings is 1. The topological polar surface area (TPSA) is 86.6 Å². The number of carbonyl (C=O) groups is 2. The van der Waals surface area contributed by atoms with Crippen LogP contribution in [-0.4, -0.2) is 28.7 Å². The summed E-state index contributed by atoms with van der Waals surface area (Å²) in [6, 6.07) is 5.70. The lowest BCUT2D eigenvalue weighted by Gasteiger charge is -2.26. The number of hydrogen-bond acceptors (Lipinski definition) is 3. The van der Waals surface area contributed by atoms with Gasteiger partial charge in [0.25, 0.3) is 0 Å². The quantitative estimate of drug-likeness (QED) is 0.753. The van der Waals surface area contributed by atoms with E-state index in [0.29, 0.717) is 10.6 Å². The Morgan fingerprint density at radius 2 is 1.80 bits per heavy atom. The first-order valence-corrected chi connectivity index (χ1v) is 6.64. The number of ketones is 1. The summed E-state index contributed by atoms with van der Waals surface area (Å²) in [6.45, 7) is 3.00. The highest BCUT2D eigenvalue weighted by atomic mass is 35.5. The molecule has 1 aromatic rings. The largest absolute Gasteiger partial charge is 0.465 e. The first kappa shape index (κ1) is 16.5. The Balaban J connectivity index is 3.12. The number of aliphatic hydroxyl groups is 1. The second-order valence-electron chi connectivity index (χ2n) is 4.82. The van der Waals surface area contributed by atoms with Crippen LogP contribution in [0.2, 0.25) is 5.02 Å². The summed E-state index contributed by atoms with van der Waals surface area (Å²) in [6.07, 6.45) is -1.25. The number of rotatable bonds is 6. The minimum atomic E-state index is -1.25. The van der Waals surface area contributed by atoms with E-state index >= 15 is 0 Å². The summed E-state index contributed by atoms with van der Waals surface area (Å²) in [4.78, 5) is 23.1. The van der Waals surface area contributed by atoms with E-state index < -0.39 is 24.7 Å². The van der Waals surface area contributed by atoms with Crippen LogP contribution in [0.4, 0.5) is 4.79 Å². The van der Waals surface area contributed by atoms with Gasteiger partial charge in [-0.1, -0.05) is 37.6 Å². The van der Waals surface area contributed by atoms with Gasteiger partial charge in [0.15, 0.2) is 0 Å². The molecule has 0 radical (unpaired) electrons. The zero-order valence-corrected chi connectivity index (χ0v) is 12.1. The molecule has 110 valence electrons. The molecule has 3 N–H and O–H groups in total. The van der Waals surface area contributed by atoms with Crippen molar-refractivity contribution >= 4 is 23.5 Å². The molecule has 0 aliphatic heterocycles. The molecule has 0 fully saturated rings. The van der Waals surface area contributed by atoms with Crippen LogP contribution in [0.1, 0.15) is 25.5 Å². The van der Waals surface area contributed by atoms with Gasteiger partial charge in [-0.2, -0.15) is 0 Å². The Bertz CT molecular complexity index is 473. The fourth-order valence-electron chi connectivity index (χ4n) is 2.01. The lowest BCUT2D eigenvalue weighted by Crippen LogP contribution is -2.39. The molecule has 20 heavy (non-hydrogen) atoms. The fraction of sp³-hybridized carbons (Fsp3) is 0.429. The third-order valence-electron chi connectivity index (χ3n) is 3.04. The Hall–Kier alpha value is -1.59. The number of halogens is 1. The predicted octanol–water partition coefficient (Wildman–Crippen LogP) is 2.48. The molecule has 1 aromatic carbocycles. The molecule has 0 bridgehead atoms. The van der Waals surface area contributed by atoms with Crippen molar-refractivity contribution in [3.05, 3.63) is 34.9 Å². The number of aliphatic hydroxyl groups excluding tert-OH is 1. The first-order chi connectivity index (χ1) is 9.36. The van der Waals surface area contributed by atoms with E-state index in [1.807, 2.05) is 0 Å². The summed E-state index contributed by atoms with van der Waals surface area (Å²) >= 11 is 5.80. The van der Waals surface area contributed by atoms with Gasteiger partial charge in [0.2, 0.25) is 0 Å². The Labute approximate surface area is 122 Å². The summed E-state index contributed by atoms with van der Waals surface area (Å²) in [5.74, 6) is -1.31. The van der Waals surface area contributed by atoms with Crippen molar-refractivity contribution in [1.29, 1.82) is 0 Å². The molecule has 0 aromatic heterocycles. The minimum absolute atomic E-state index is 0.193. The number of carbonyl (C=O) groups excluding carboxylic acids is 1. The number of hydrogen-bond donors (Lipinski definition) is 3. The summed E-state index contributed by atoms with van der Waals surface area (Å²) in [5.41, 5.74) is 0.588. The van der Waals surface area contributed by atoms with Gasteiger partial charge in [0, 0.05) is 10.9 Å². The zero-order valence-electron chi connectivity index (χ0n) is 11.3. The Morgan fingerprint density at radius 1 is 1.25 bits per heavy atom. The third kappa shape index (κ3) is 4.21. The molecule has 0 aliphatic rings. The molecule has 0 spiro atoms. The van der Waals surface area contributed by atoms with Crippen molar-refractivity contribution in [2.24, 2.45) is 11.8 Å². The van der Waals surface area contributed by atoms with Crippen molar-refractivity contribution < 1.29 is 19.8 Å². The molecule has 0 saturated heterocycles. The van der Waals surface area contributed by atoms with Gasteiger partial charge >= 0.3 is 6.09 Å². The molecule has 0 heterocycles. The number of amides is 1. The van der Waals surface area contributed by atoms with E-state index in [1.165, 1.54) is 0 Å². The average Bonchev–Trinajstić information content (AvgIpc) is 2.38. The molecule has 1 unspecified atom stereocenters. The maximum absolute atomic E-state index is 12.1. The van der Waals surface area contributed by atoms with Crippen molar-refractivity contribution in [3.8, 4) is 0 Å². The molecule has 0 saturated carbocycles. The van der Waals surface area contributed by atoms with Gasteiger partial charge in [-0.05, 0) is 17.7 Å². The normalized spacial score (nSPS) is 13.8. The highest BCUT2D eigenvalue weighted by Crippen LogP contribution is 2.26. The van der Waals surface area contributed by atoms with E-state index in [0.717, 1.165) is 0 Å². The molecule has 2 atom stereocenters. The predicted molar refractivity (Wildman–Crippen MR) is 75.8 cm³/mol. The Kier molecular flexibility index (Phi) is 5.98. The number of carboxylic acid groups (broad SMARTS) is 1.